The summed E-state index contributed by atoms with van der Waals surface area (Å²) in [7, 11) is 0. The van der Waals surface area contributed by atoms with Crippen LogP contribution in [0.4, 0.5) is 10.1 Å². The summed E-state index contributed by atoms with van der Waals surface area (Å²) in [6.45, 7) is 4.03. The minimum absolute atomic E-state index is 0.143. The number of thiophene rings is 1. The minimum atomic E-state index is -0.756. The van der Waals surface area contributed by atoms with E-state index in [0.717, 1.165) is 4.88 Å². The van der Waals surface area contributed by atoms with Gasteiger partial charge in [-0.25, -0.2) is 4.39 Å². The maximum atomic E-state index is 13.0. The lowest BCUT2D eigenvalue weighted by atomic mass is 10.1. The van der Waals surface area contributed by atoms with Gasteiger partial charge in [-0.05, 0) is 42.1 Å². The first-order chi connectivity index (χ1) is 10.5. The van der Waals surface area contributed by atoms with E-state index in [-0.39, 0.29) is 11.7 Å². The summed E-state index contributed by atoms with van der Waals surface area (Å²) in [5.41, 5.74) is 0.987. The van der Waals surface area contributed by atoms with Crippen molar-refractivity contribution in [1.82, 2.24) is 5.32 Å². The number of nitrogens with one attached hydrogen (secondary N) is 2. The maximum Gasteiger partial charge on any atom is 0.313 e. The van der Waals surface area contributed by atoms with E-state index in [1.807, 2.05) is 24.4 Å². The second-order valence-electron chi connectivity index (χ2n) is 5.04. The molecule has 0 aliphatic carbocycles. The van der Waals surface area contributed by atoms with Crippen LogP contribution in [0.1, 0.15) is 23.3 Å². The van der Waals surface area contributed by atoms with Gasteiger partial charge in [-0.15, -0.1) is 11.3 Å². The lowest BCUT2D eigenvalue weighted by molar-refractivity contribution is -0.136. The van der Waals surface area contributed by atoms with E-state index < -0.39 is 11.8 Å². The predicted octanol–water partition coefficient (Wildman–Crippen LogP) is 3.05. The van der Waals surface area contributed by atoms with Crippen LogP contribution in [-0.2, 0) is 9.59 Å². The van der Waals surface area contributed by atoms with Crippen LogP contribution in [0.2, 0.25) is 0 Å². The van der Waals surface area contributed by atoms with E-state index in [0.29, 0.717) is 17.8 Å². The molecule has 6 heteroatoms. The molecule has 0 unspecified atom stereocenters. The minimum Gasteiger partial charge on any atom is -0.347 e. The van der Waals surface area contributed by atoms with Gasteiger partial charge in [0.1, 0.15) is 5.82 Å². The molecule has 2 rings (SSSR count). The van der Waals surface area contributed by atoms with Gasteiger partial charge in [0, 0.05) is 23.0 Å². The van der Waals surface area contributed by atoms with Crippen molar-refractivity contribution in [3.05, 3.63) is 52.0 Å². The number of rotatable bonds is 4. The molecule has 1 atom stereocenters. The van der Waals surface area contributed by atoms with Crippen LogP contribution >= 0.6 is 11.3 Å². The second-order valence-corrected chi connectivity index (χ2v) is 6.02. The Bertz CT molecular complexity index is 671. The van der Waals surface area contributed by atoms with E-state index >= 15 is 0 Å². The highest BCUT2D eigenvalue weighted by molar-refractivity contribution is 7.10. The molecule has 4 nitrogen and oxygen atoms in total. The summed E-state index contributed by atoms with van der Waals surface area (Å²) in [5.74, 6) is -1.70. The van der Waals surface area contributed by atoms with Crippen molar-refractivity contribution in [3.63, 3.8) is 0 Å². The summed E-state index contributed by atoms with van der Waals surface area (Å²) in [6.07, 6.45) is 0. The smallest absolute Gasteiger partial charge is 0.313 e. The van der Waals surface area contributed by atoms with Crippen molar-refractivity contribution < 1.29 is 14.0 Å². The molecule has 0 bridgehead atoms. The molecule has 1 aromatic carbocycles. The standard InChI is InChI=1S/C16H17FN2O2S/c1-10-8-12(17)5-6-13(10)19-16(21)15(20)18-9-11(2)14-4-3-7-22-14/h3-8,11H,9H2,1-2H3,(H,18,20)(H,19,21)/t11-/m1/s1. The lowest BCUT2D eigenvalue weighted by Crippen LogP contribution is -2.37. The van der Waals surface area contributed by atoms with Crippen LogP contribution in [0.25, 0.3) is 0 Å². The first-order valence-corrected chi connectivity index (χ1v) is 7.74. The van der Waals surface area contributed by atoms with Gasteiger partial charge in [0.05, 0.1) is 0 Å². The summed E-state index contributed by atoms with van der Waals surface area (Å²) in [6, 6.07) is 7.90. The third-order valence-electron chi connectivity index (χ3n) is 3.24. The fraction of sp³-hybridized carbons (Fsp3) is 0.250. The van der Waals surface area contributed by atoms with Crippen LogP contribution in [0.5, 0.6) is 0 Å². The second kappa shape index (κ2) is 7.17. The molecular weight excluding hydrogens is 303 g/mol. The van der Waals surface area contributed by atoms with Gasteiger partial charge in [0.25, 0.3) is 0 Å². The summed E-state index contributed by atoms with van der Waals surface area (Å²) < 4.78 is 13.0. The number of amides is 2. The number of halogens is 1. The highest BCUT2D eigenvalue weighted by Gasteiger charge is 2.16. The van der Waals surface area contributed by atoms with Gasteiger partial charge in [-0.2, -0.15) is 0 Å². The Balaban J connectivity index is 1.88. The SMILES string of the molecule is Cc1cc(F)ccc1NC(=O)C(=O)NC[C@@H](C)c1cccs1. The maximum absolute atomic E-state index is 13.0. The molecule has 22 heavy (non-hydrogen) atoms. The molecule has 1 heterocycles. The summed E-state index contributed by atoms with van der Waals surface area (Å²) in [5, 5.41) is 7.05. The van der Waals surface area contributed by atoms with E-state index in [4.69, 9.17) is 0 Å². The molecule has 0 aliphatic heterocycles. The fourth-order valence-electron chi connectivity index (χ4n) is 1.94. The summed E-state index contributed by atoms with van der Waals surface area (Å²) >= 11 is 1.61. The normalized spacial score (nSPS) is 11.8. The number of anilines is 1. The highest BCUT2D eigenvalue weighted by Crippen LogP contribution is 2.19. The quantitative estimate of drug-likeness (QED) is 0.851. The molecule has 2 aromatic rings. The van der Waals surface area contributed by atoms with Crippen LogP contribution in [-0.4, -0.2) is 18.4 Å². The first kappa shape index (κ1) is 16.2. The topological polar surface area (TPSA) is 58.2 Å². The van der Waals surface area contributed by atoms with E-state index in [2.05, 4.69) is 10.6 Å². The first-order valence-electron chi connectivity index (χ1n) is 6.86. The Morgan fingerprint density at radius 1 is 1.27 bits per heavy atom. The highest BCUT2D eigenvalue weighted by atomic mass is 32.1. The third-order valence-corrected chi connectivity index (χ3v) is 4.34. The van der Waals surface area contributed by atoms with Crippen molar-refractivity contribution in [2.24, 2.45) is 0 Å². The van der Waals surface area contributed by atoms with Gasteiger partial charge in [0.15, 0.2) is 0 Å². The van der Waals surface area contributed by atoms with Crippen molar-refractivity contribution in [3.8, 4) is 0 Å². The van der Waals surface area contributed by atoms with Gasteiger partial charge < -0.3 is 10.6 Å². The lowest BCUT2D eigenvalue weighted by Gasteiger charge is -2.12. The number of carbonyl (C=O) groups is 2. The molecule has 0 saturated carbocycles. The van der Waals surface area contributed by atoms with Crippen molar-refractivity contribution >= 4 is 28.8 Å². The average Bonchev–Trinajstić information content (AvgIpc) is 3.01. The molecule has 1 aromatic heterocycles. The van der Waals surface area contributed by atoms with Gasteiger partial charge in [-0.3, -0.25) is 9.59 Å². The van der Waals surface area contributed by atoms with Crippen LogP contribution in [0.3, 0.4) is 0 Å². The monoisotopic (exact) mass is 320 g/mol. The number of hydrogen-bond donors (Lipinski definition) is 2. The molecule has 0 radical (unpaired) electrons. The Hall–Kier alpha value is -2.21. The van der Waals surface area contributed by atoms with Crippen molar-refractivity contribution in [2.75, 3.05) is 11.9 Å². The molecule has 0 saturated heterocycles. The van der Waals surface area contributed by atoms with Crippen molar-refractivity contribution in [2.45, 2.75) is 19.8 Å². The van der Waals surface area contributed by atoms with Gasteiger partial charge >= 0.3 is 11.8 Å². The fourth-order valence-corrected chi connectivity index (χ4v) is 2.73. The zero-order valence-corrected chi connectivity index (χ0v) is 13.2. The molecule has 116 valence electrons. The van der Waals surface area contributed by atoms with Gasteiger partial charge in [-0.1, -0.05) is 13.0 Å². The van der Waals surface area contributed by atoms with E-state index in [1.165, 1.54) is 18.2 Å². The Labute approximate surface area is 132 Å². The van der Waals surface area contributed by atoms with E-state index in [1.54, 1.807) is 18.3 Å². The molecule has 0 spiro atoms. The third kappa shape index (κ3) is 4.14. The Kier molecular flexibility index (Phi) is 5.27. The van der Waals surface area contributed by atoms with Crippen molar-refractivity contribution in [1.29, 1.82) is 0 Å². The van der Waals surface area contributed by atoms with Gasteiger partial charge in [0.2, 0.25) is 0 Å². The summed E-state index contributed by atoms with van der Waals surface area (Å²) in [4.78, 5) is 24.8. The van der Waals surface area contributed by atoms with Crippen LogP contribution < -0.4 is 10.6 Å². The molecule has 0 fully saturated rings. The van der Waals surface area contributed by atoms with Crippen LogP contribution in [0.15, 0.2) is 35.7 Å². The Morgan fingerprint density at radius 2 is 2.05 bits per heavy atom. The zero-order chi connectivity index (χ0) is 16.1. The Morgan fingerprint density at radius 3 is 2.68 bits per heavy atom. The molecule has 0 aliphatic rings. The number of benzene rings is 1. The van der Waals surface area contributed by atoms with Crippen LogP contribution in [0, 0.1) is 12.7 Å². The average molecular weight is 320 g/mol. The van der Waals surface area contributed by atoms with E-state index in [9.17, 15) is 14.0 Å². The predicted molar refractivity (Wildman–Crippen MR) is 85.5 cm³/mol. The molecule has 2 amide bonds. The molecular formula is C16H17FN2O2S. The number of aryl methyl sites for hydroxylation is 1. The number of hydrogen-bond acceptors (Lipinski definition) is 3. The number of carbonyl (C=O) groups excluding carboxylic acids is 2. The molecule has 2 N–H and O–H groups in total. The largest absolute Gasteiger partial charge is 0.347 e. The zero-order valence-electron chi connectivity index (χ0n) is 12.4.